The Bertz CT molecular complexity index is 1030. The second kappa shape index (κ2) is 9.18. The third-order valence-corrected chi connectivity index (χ3v) is 4.08. The summed E-state index contributed by atoms with van der Waals surface area (Å²) in [5.41, 5.74) is 3.26. The van der Waals surface area contributed by atoms with Crippen LogP contribution < -0.4 is 14.8 Å². The maximum absolute atomic E-state index is 12.5. The van der Waals surface area contributed by atoms with E-state index in [1.54, 1.807) is 19.1 Å². The maximum Gasteiger partial charge on any atom is 0.387 e. The van der Waals surface area contributed by atoms with Crippen LogP contribution in [0.25, 0.3) is 11.7 Å². The van der Waals surface area contributed by atoms with Gasteiger partial charge >= 0.3 is 6.61 Å². The van der Waals surface area contributed by atoms with Gasteiger partial charge in [0.15, 0.2) is 11.5 Å². The molecule has 0 saturated carbocycles. The van der Waals surface area contributed by atoms with Crippen molar-refractivity contribution < 1.29 is 23.0 Å². The summed E-state index contributed by atoms with van der Waals surface area (Å²) >= 11 is 0. The topological polar surface area (TPSA) is 64.9 Å². The third-order valence-electron chi connectivity index (χ3n) is 4.08. The van der Waals surface area contributed by atoms with Crippen LogP contribution in [0.3, 0.4) is 0 Å². The van der Waals surface area contributed by atoms with Gasteiger partial charge in [0, 0.05) is 18.5 Å². The zero-order chi connectivity index (χ0) is 20.8. The van der Waals surface area contributed by atoms with Crippen LogP contribution in [0.1, 0.15) is 23.7 Å². The van der Waals surface area contributed by atoms with Crippen molar-refractivity contribution in [2.75, 3.05) is 6.61 Å². The number of imidazole rings is 1. The maximum atomic E-state index is 12.5. The molecule has 2 aromatic heterocycles. The van der Waals surface area contributed by atoms with Gasteiger partial charge in [-0.15, -0.1) is 0 Å². The summed E-state index contributed by atoms with van der Waals surface area (Å²) in [5.74, 6) is -0.161. The number of hydrogen-bond acceptors (Lipinski definition) is 4. The van der Waals surface area contributed by atoms with Gasteiger partial charge in [-0.2, -0.15) is 8.78 Å². The van der Waals surface area contributed by atoms with Crippen molar-refractivity contribution >= 4 is 17.6 Å². The monoisotopic (exact) mass is 401 g/mol. The van der Waals surface area contributed by atoms with Gasteiger partial charge in [0.25, 0.3) is 0 Å². The van der Waals surface area contributed by atoms with E-state index in [9.17, 15) is 13.6 Å². The first-order valence-electron chi connectivity index (χ1n) is 9.07. The van der Waals surface area contributed by atoms with Crippen molar-refractivity contribution in [3.63, 3.8) is 0 Å². The molecule has 2 heterocycles. The number of aromatic nitrogens is 2. The molecular formula is C21H21F2N3O3. The average molecular weight is 401 g/mol. The fraction of sp³-hybridized carbons (Fsp3) is 0.238. The molecule has 1 aromatic carbocycles. The first-order chi connectivity index (χ1) is 14.0. The van der Waals surface area contributed by atoms with Crippen LogP contribution in [0.5, 0.6) is 11.5 Å². The SMILES string of the molecule is CCOc1cc(C=CC(=O)NCc2cn3cccc(C)c3n2)ccc1OC(F)F. The summed E-state index contributed by atoms with van der Waals surface area (Å²) in [5, 5.41) is 2.77. The van der Waals surface area contributed by atoms with Crippen molar-refractivity contribution in [1.29, 1.82) is 0 Å². The quantitative estimate of drug-likeness (QED) is 0.580. The molecule has 8 heteroatoms. The van der Waals surface area contributed by atoms with Crippen molar-refractivity contribution in [1.82, 2.24) is 14.7 Å². The van der Waals surface area contributed by atoms with Crippen LogP contribution in [0.4, 0.5) is 8.78 Å². The van der Waals surface area contributed by atoms with E-state index < -0.39 is 6.61 Å². The number of aryl methyl sites for hydroxylation is 1. The summed E-state index contributed by atoms with van der Waals surface area (Å²) in [6.45, 7) is 1.36. The highest BCUT2D eigenvalue weighted by atomic mass is 19.3. The molecule has 3 rings (SSSR count). The number of halogens is 2. The van der Waals surface area contributed by atoms with Crippen molar-refractivity contribution in [2.24, 2.45) is 0 Å². The molecule has 0 aliphatic carbocycles. The van der Waals surface area contributed by atoms with Gasteiger partial charge in [-0.25, -0.2) is 4.98 Å². The standard InChI is InChI=1S/C21H21F2N3O3/c1-3-28-18-11-15(6-8-17(18)29-21(22)23)7-9-19(27)24-12-16-13-26-10-4-5-14(2)20(26)25-16/h4-11,13,21H,3,12H2,1-2H3,(H,24,27). The molecule has 0 spiro atoms. The second-order valence-electron chi connectivity index (χ2n) is 6.22. The number of ether oxygens (including phenoxy) is 2. The zero-order valence-electron chi connectivity index (χ0n) is 16.1. The molecule has 1 amide bonds. The third kappa shape index (κ3) is 5.31. The number of fused-ring (bicyclic) bond motifs is 1. The Hall–Kier alpha value is -3.42. The van der Waals surface area contributed by atoms with Crippen LogP contribution in [0.15, 0.2) is 48.8 Å². The highest BCUT2D eigenvalue weighted by Gasteiger charge is 2.11. The van der Waals surface area contributed by atoms with Crippen LogP contribution in [0.2, 0.25) is 0 Å². The Balaban J connectivity index is 1.63. The van der Waals surface area contributed by atoms with Gasteiger partial charge in [0.1, 0.15) is 5.65 Å². The van der Waals surface area contributed by atoms with Crippen molar-refractivity contribution in [3.8, 4) is 11.5 Å². The molecule has 0 fully saturated rings. The number of carbonyl (C=O) groups is 1. The van der Waals surface area contributed by atoms with Gasteiger partial charge in [-0.3, -0.25) is 4.79 Å². The number of nitrogens with one attached hydrogen (secondary N) is 1. The Morgan fingerprint density at radius 1 is 1.31 bits per heavy atom. The van der Waals surface area contributed by atoms with Crippen LogP contribution in [-0.4, -0.2) is 28.5 Å². The van der Waals surface area contributed by atoms with E-state index in [2.05, 4.69) is 15.0 Å². The minimum Gasteiger partial charge on any atom is -0.490 e. The number of rotatable bonds is 8. The summed E-state index contributed by atoms with van der Waals surface area (Å²) < 4.78 is 36.6. The Morgan fingerprint density at radius 2 is 2.14 bits per heavy atom. The van der Waals surface area contributed by atoms with E-state index >= 15 is 0 Å². The lowest BCUT2D eigenvalue weighted by Gasteiger charge is -2.11. The van der Waals surface area contributed by atoms with Gasteiger partial charge in [0.2, 0.25) is 5.91 Å². The first kappa shape index (κ1) is 20.3. The predicted molar refractivity (Wildman–Crippen MR) is 105 cm³/mol. The largest absolute Gasteiger partial charge is 0.490 e. The molecule has 0 unspecified atom stereocenters. The molecule has 0 aliphatic rings. The number of alkyl halides is 2. The fourth-order valence-electron chi connectivity index (χ4n) is 2.79. The van der Waals surface area contributed by atoms with Gasteiger partial charge in [-0.05, 0) is 49.2 Å². The molecule has 152 valence electrons. The van der Waals surface area contributed by atoms with E-state index in [0.717, 1.165) is 16.9 Å². The Morgan fingerprint density at radius 3 is 2.86 bits per heavy atom. The molecular weight excluding hydrogens is 380 g/mol. The summed E-state index contributed by atoms with van der Waals surface area (Å²) in [6, 6.07) is 8.39. The number of amides is 1. The van der Waals surface area contributed by atoms with E-state index in [1.807, 2.05) is 35.9 Å². The highest BCUT2D eigenvalue weighted by molar-refractivity contribution is 5.91. The van der Waals surface area contributed by atoms with E-state index in [1.165, 1.54) is 18.2 Å². The van der Waals surface area contributed by atoms with Gasteiger partial charge < -0.3 is 19.2 Å². The highest BCUT2D eigenvalue weighted by Crippen LogP contribution is 2.30. The smallest absolute Gasteiger partial charge is 0.387 e. The number of pyridine rings is 1. The molecule has 0 radical (unpaired) electrons. The van der Waals surface area contributed by atoms with E-state index in [4.69, 9.17) is 4.74 Å². The molecule has 0 atom stereocenters. The van der Waals surface area contributed by atoms with Crippen LogP contribution in [0, 0.1) is 6.92 Å². The Kier molecular flexibility index (Phi) is 6.43. The predicted octanol–water partition coefficient (Wildman–Crippen LogP) is 3.97. The van der Waals surface area contributed by atoms with Gasteiger partial charge in [0.05, 0.1) is 18.8 Å². The van der Waals surface area contributed by atoms with E-state index in [-0.39, 0.29) is 24.0 Å². The van der Waals surface area contributed by atoms with E-state index in [0.29, 0.717) is 12.2 Å². The minimum atomic E-state index is -2.94. The first-order valence-corrected chi connectivity index (χ1v) is 9.07. The zero-order valence-corrected chi connectivity index (χ0v) is 16.1. The number of hydrogen-bond donors (Lipinski definition) is 1. The van der Waals surface area contributed by atoms with Crippen molar-refractivity contribution in [3.05, 3.63) is 65.6 Å². The van der Waals surface area contributed by atoms with Crippen molar-refractivity contribution in [2.45, 2.75) is 27.0 Å². The molecule has 3 aromatic rings. The molecule has 0 saturated heterocycles. The van der Waals surface area contributed by atoms with Crippen LogP contribution in [-0.2, 0) is 11.3 Å². The number of benzene rings is 1. The molecule has 1 N–H and O–H groups in total. The molecule has 0 aliphatic heterocycles. The Labute approximate surface area is 166 Å². The lowest BCUT2D eigenvalue weighted by atomic mass is 10.2. The molecule has 29 heavy (non-hydrogen) atoms. The molecule has 0 bridgehead atoms. The number of carbonyl (C=O) groups excluding carboxylic acids is 1. The number of nitrogens with zero attached hydrogens (tertiary/aromatic N) is 2. The lowest BCUT2D eigenvalue weighted by Crippen LogP contribution is -2.20. The lowest BCUT2D eigenvalue weighted by molar-refractivity contribution is -0.116. The summed E-state index contributed by atoms with van der Waals surface area (Å²) in [7, 11) is 0. The summed E-state index contributed by atoms with van der Waals surface area (Å²) in [6.07, 6.45) is 6.69. The van der Waals surface area contributed by atoms with Gasteiger partial charge in [-0.1, -0.05) is 12.1 Å². The van der Waals surface area contributed by atoms with Crippen LogP contribution >= 0.6 is 0 Å². The molecule has 6 nitrogen and oxygen atoms in total. The summed E-state index contributed by atoms with van der Waals surface area (Å²) in [4.78, 5) is 16.6. The average Bonchev–Trinajstić information content (AvgIpc) is 3.11. The normalized spacial score (nSPS) is 11.3. The fourth-order valence-corrected chi connectivity index (χ4v) is 2.79. The second-order valence-corrected chi connectivity index (χ2v) is 6.22. The minimum absolute atomic E-state index is 0.0504.